The zero-order valence-electron chi connectivity index (χ0n) is 15.4. The molecule has 5 heteroatoms. The zero-order valence-corrected chi connectivity index (χ0v) is 16.2. The van der Waals surface area contributed by atoms with E-state index in [1.165, 1.54) is 68.1 Å². The van der Waals surface area contributed by atoms with Crippen molar-refractivity contribution < 1.29 is 0 Å². The lowest BCUT2D eigenvalue weighted by Crippen LogP contribution is -2.35. The van der Waals surface area contributed by atoms with Gasteiger partial charge in [-0.25, -0.2) is 9.97 Å². The Kier molecular flexibility index (Phi) is 4.29. The first-order valence-electron chi connectivity index (χ1n) is 9.91. The second-order valence-corrected chi connectivity index (χ2v) is 8.93. The van der Waals surface area contributed by atoms with Crippen molar-refractivity contribution in [1.82, 2.24) is 19.9 Å². The van der Waals surface area contributed by atoms with Gasteiger partial charge in [0.2, 0.25) is 0 Å². The Morgan fingerprint density at radius 2 is 1.96 bits per heavy atom. The number of fused-ring (bicyclic) bond motifs is 1. The smallest absolute Gasteiger partial charge is 0.137 e. The van der Waals surface area contributed by atoms with E-state index in [0.717, 1.165) is 22.4 Å². The minimum Gasteiger partial charge on any atom is -0.345 e. The maximum atomic E-state index is 4.72. The van der Waals surface area contributed by atoms with E-state index >= 15 is 0 Å². The molecule has 3 aromatic heterocycles. The van der Waals surface area contributed by atoms with Gasteiger partial charge in [0.1, 0.15) is 5.65 Å². The predicted octanol–water partition coefficient (Wildman–Crippen LogP) is 5.12. The number of aromatic amines is 1. The fourth-order valence-corrected chi connectivity index (χ4v) is 5.44. The summed E-state index contributed by atoms with van der Waals surface area (Å²) < 4.78 is 0. The third-order valence-electron chi connectivity index (χ3n) is 6.27. The summed E-state index contributed by atoms with van der Waals surface area (Å²) in [6, 6.07) is 3.19. The van der Waals surface area contributed by atoms with Crippen LogP contribution >= 0.6 is 11.3 Å². The number of likely N-dealkylation sites (tertiary alicyclic amines) is 1. The number of pyridine rings is 1. The van der Waals surface area contributed by atoms with E-state index in [4.69, 9.17) is 4.98 Å². The summed E-state index contributed by atoms with van der Waals surface area (Å²) in [4.78, 5) is 15.4. The average Bonchev–Trinajstić information content (AvgIpc) is 3.42. The van der Waals surface area contributed by atoms with Crippen molar-refractivity contribution >= 4 is 22.4 Å². The average molecular weight is 367 g/mol. The molecule has 136 valence electrons. The van der Waals surface area contributed by atoms with Gasteiger partial charge in [0.05, 0.1) is 10.7 Å². The van der Waals surface area contributed by atoms with Gasteiger partial charge in [0, 0.05) is 34.8 Å². The van der Waals surface area contributed by atoms with Crippen molar-refractivity contribution in [2.45, 2.75) is 57.4 Å². The molecular weight excluding hydrogens is 340 g/mol. The number of nitrogens with one attached hydrogen (secondary N) is 1. The van der Waals surface area contributed by atoms with Gasteiger partial charge < -0.3 is 9.88 Å². The van der Waals surface area contributed by atoms with Crippen molar-refractivity contribution in [3.8, 4) is 11.3 Å². The number of H-pyrrole nitrogens is 1. The van der Waals surface area contributed by atoms with Gasteiger partial charge in [-0.05, 0) is 76.1 Å². The Morgan fingerprint density at radius 3 is 2.69 bits per heavy atom. The standard InChI is InChI=1S/C21H26N4S/c1-14-24-20(13-26-14)19-12-23-21-18(19)10-16(11-22-21)15-4-6-17(7-5-15)25-8-2-3-9-25/h10-13,15,17H,2-9H2,1H3,(H,22,23). The highest BCUT2D eigenvalue weighted by Gasteiger charge is 2.28. The highest BCUT2D eigenvalue weighted by Crippen LogP contribution is 2.37. The molecule has 1 aliphatic heterocycles. The Balaban J connectivity index is 1.38. The van der Waals surface area contributed by atoms with Gasteiger partial charge in [-0.1, -0.05) is 0 Å². The van der Waals surface area contributed by atoms with Crippen LogP contribution in [0, 0.1) is 6.92 Å². The normalized spacial score (nSPS) is 24.5. The number of thiazole rings is 1. The Bertz CT molecular complexity index is 898. The van der Waals surface area contributed by atoms with Crippen LogP contribution in [0.2, 0.25) is 0 Å². The Morgan fingerprint density at radius 1 is 1.15 bits per heavy atom. The first kappa shape index (κ1) is 16.5. The van der Waals surface area contributed by atoms with E-state index in [0.29, 0.717) is 5.92 Å². The van der Waals surface area contributed by atoms with Crippen molar-refractivity contribution in [2.24, 2.45) is 0 Å². The van der Waals surface area contributed by atoms with E-state index in [9.17, 15) is 0 Å². The lowest BCUT2D eigenvalue weighted by molar-refractivity contribution is 0.182. The number of aryl methyl sites for hydroxylation is 1. The first-order valence-corrected chi connectivity index (χ1v) is 10.8. The highest BCUT2D eigenvalue weighted by atomic mass is 32.1. The van der Waals surface area contributed by atoms with Crippen LogP contribution in [0.4, 0.5) is 0 Å². The molecule has 4 heterocycles. The quantitative estimate of drug-likeness (QED) is 0.700. The molecular formula is C21H26N4S. The summed E-state index contributed by atoms with van der Waals surface area (Å²) in [6.45, 7) is 4.71. The van der Waals surface area contributed by atoms with Gasteiger partial charge in [0.25, 0.3) is 0 Å². The minimum absolute atomic E-state index is 0.658. The third-order valence-corrected chi connectivity index (χ3v) is 7.05. The van der Waals surface area contributed by atoms with Crippen LogP contribution in [0.15, 0.2) is 23.8 Å². The molecule has 2 fully saturated rings. The molecule has 2 aliphatic rings. The summed E-state index contributed by atoms with van der Waals surface area (Å²) in [7, 11) is 0. The fourth-order valence-electron chi connectivity index (χ4n) is 4.82. The summed E-state index contributed by atoms with van der Waals surface area (Å²) in [5, 5.41) is 4.47. The second kappa shape index (κ2) is 6.78. The van der Waals surface area contributed by atoms with E-state index in [-0.39, 0.29) is 0 Å². The van der Waals surface area contributed by atoms with Crippen LogP contribution in [0.3, 0.4) is 0 Å². The first-order chi connectivity index (χ1) is 12.8. The molecule has 5 rings (SSSR count). The topological polar surface area (TPSA) is 44.8 Å². The summed E-state index contributed by atoms with van der Waals surface area (Å²) in [5.41, 5.74) is 4.63. The zero-order chi connectivity index (χ0) is 17.5. The van der Waals surface area contributed by atoms with Gasteiger partial charge in [-0.3, -0.25) is 0 Å². The van der Waals surface area contributed by atoms with Crippen LogP contribution in [-0.2, 0) is 0 Å². The fraction of sp³-hybridized carbons (Fsp3) is 0.524. The molecule has 0 bridgehead atoms. The molecule has 0 radical (unpaired) electrons. The maximum absolute atomic E-state index is 4.72. The van der Waals surface area contributed by atoms with Crippen LogP contribution in [0.25, 0.3) is 22.3 Å². The highest BCUT2D eigenvalue weighted by molar-refractivity contribution is 7.09. The lowest BCUT2D eigenvalue weighted by atomic mass is 9.81. The maximum Gasteiger partial charge on any atom is 0.137 e. The molecule has 3 aromatic rings. The van der Waals surface area contributed by atoms with Crippen LogP contribution in [-0.4, -0.2) is 39.0 Å². The van der Waals surface area contributed by atoms with Gasteiger partial charge in [-0.15, -0.1) is 11.3 Å². The Labute approximate surface area is 158 Å². The van der Waals surface area contributed by atoms with Crippen LogP contribution < -0.4 is 0 Å². The summed E-state index contributed by atoms with van der Waals surface area (Å²) >= 11 is 1.71. The monoisotopic (exact) mass is 366 g/mol. The molecule has 1 saturated heterocycles. The molecule has 4 nitrogen and oxygen atoms in total. The minimum atomic E-state index is 0.658. The molecule has 0 atom stereocenters. The second-order valence-electron chi connectivity index (χ2n) is 7.87. The number of hydrogen-bond acceptors (Lipinski definition) is 4. The number of nitrogens with zero attached hydrogens (tertiary/aromatic N) is 3. The third kappa shape index (κ3) is 2.97. The van der Waals surface area contributed by atoms with Gasteiger partial charge in [0.15, 0.2) is 0 Å². The molecule has 26 heavy (non-hydrogen) atoms. The lowest BCUT2D eigenvalue weighted by Gasteiger charge is -2.34. The summed E-state index contributed by atoms with van der Waals surface area (Å²) in [6.07, 6.45) is 12.2. The van der Waals surface area contributed by atoms with Crippen molar-refractivity contribution in [3.05, 3.63) is 34.4 Å². The van der Waals surface area contributed by atoms with E-state index < -0.39 is 0 Å². The van der Waals surface area contributed by atoms with Crippen molar-refractivity contribution in [2.75, 3.05) is 13.1 Å². The number of aromatic nitrogens is 3. The van der Waals surface area contributed by atoms with Crippen molar-refractivity contribution in [3.63, 3.8) is 0 Å². The largest absolute Gasteiger partial charge is 0.345 e. The van der Waals surface area contributed by atoms with E-state index in [1.807, 2.05) is 0 Å². The molecule has 1 aliphatic carbocycles. The van der Waals surface area contributed by atoms with Crippen molar-refractivity contribution in [1.29, 1.82) is 0 Å². The SMILES string of the molecule is Cc1nc(-c2c[nH]c3ncc(C4CCC(N5CCCC5)CC4)cc23)cs1. The summed E-state index contributed by atoms with van der Waals surface area (Å²) in [5.74, 6) is 0.658. The molecule has 0 spiro atoms. The Hall–Kier alpha value is -1.72. The molecule has 0 amide bonds. The molecule has 0 aromatic carbocycles. The molecule has 1 N–H and O–H groups in total. The van der Waals surface area contributed by atoms with Gasteiger partial charge >= 0.3 is 0 Å². The van der Waals surface area contributed by atoms with Crippen LogP contribution in [0.5, 0.6) is 0 Å². The number of hydrogen-bond donors (Lipinski definition) is 1. The van der Waals surface area contributed by atoms with E-state index in [1.54, 1.807) is 11.3 Å². The predicted molar refractivity (Wildman–Crippen MR) is 108 cm³/mol. The molecule has 0 unspecified atom stereocenters. The molecule has 1 saturated carbocycles. The van der Waals surface area contributed by atoms with Gasteiger partial charge in [-0.2, -0.15) is 0 Å². The number of rotatable bonds is 3. The van der Waals surface area contributed by atoms with Crippen LogP contribution in [0.1, 0.15) is 55.0 Å². The van der Waals surface area contributed by atoms with E-state index in [2.05, 4.69) is 45.6 Å².